The average molecular weight is 426 g/mol. The molecular formula is C22H22N2O5S. The molecule has 1 N–H and O–H groups in total. The number of carbonyl (C=O) groups is 2. The van der Waals surface area contributed by atoms with E-state index in [1.54, 1.807) is 20.1 Å². The number of aromatic nitrogens is 1. The van der Waals surface area contributed by atoms with Gasteiger partial charge in [-0.2, -0.15) is 0 Å². The van der Waals surface area contributed by atoms with Crippen LogP contribution in [-0.4, -0.2) is 37.2 Å². The number of rotatable bonds is 8. The third-order valence-electron chi connectivity index (χ3n) is 4.06. The zero-order chi connectivity index (χ0) is 21.5. The summed E-state index contributed by atoms with van der Waals surface area (Å²) in [6.07, 6.45) is 0. The van der Waals surface area contributed by atoms with Gasteiger partial charge >= 0.3 is 5.97 Å². The normalized spacial score (nSPS) is 10.4. The number of carbonyl (C=O) groups excluding carboxylic acids is 2. The van der Waals surface area contributed by atoms with E-state index in [2.05, 4.69) is 10.3 Å². The van der Waals surface area contributed by atoms with Crippen LogP contribution in [0.3, 0.4) is 0 Å². The third-order valence-corrected chi connectivity index (χ3v) is 5.01. The predicted molar refractivity (Wildman–Crippen MR) is 115 cm³/mol. The van der Waals surface area contributed by atoms with Crippen molar-refractivity contribution in [3.63, 3.8) is 0 Å². The molecule has 0 fully saturated rings. The molecule has 0 spiro atoms. The van der Waals surface area contributed by atoms with E-state index in [0.717, 1.165) is 22.5 Å². The van der Waals surface area contributed by atoms with Gasteiger partial charge in [0, 0.05) is 5.56 Å². The standard InChI is InChI=1S/C22H22N2O5S/c1-4-28-21(26)20-19(15-8-6-5-7-9-15)24-22(30-20)23-18(25)13-29-16-11-10-14(2)12-17(16)27-3/h5-12H,4,13H2,1-3H3,(H,23,24,25). The highest BCUT2D eigenvalue weighted by atomic mass is 32.1. The number of nitrogens with one attached hydrogen (secondary N) is 1. The molecule has 30 heavy (non-hydrogen) atoms. The summed E-state index contributed by atoms with van der Waals surface area (Å²) in [5.41, 5.74) is 2.25. The Morgan fingerprint density at radius 1 is 1.10 bits per heavy atom. The molecule has 7 nitrogen and oxygen atoms in total. The van der Waals surface area contributed by atoms with Gasteiger partial charge in [-0.1, -0.05) is 47.7 Å². The van der Waals surface area contributed by atoms with E-state index in [1.165, 1.54) is 0 Å². The lowest BCUT2D eigenvalue weighted by Crippen LogP contribution is -2.20. The molecule has 2 aromatic carbocycles. The predicted octanol–water partition coefficient (Wildman–Crippen LogP) is 4.32. The summed E-state index contributed by atoms with van der Waals surface area (Å²) in [5, 5.41) is 2.98. The number of esters is 1. The lowest BCUT2D eigenvalue weighted by molar-refractivity contribution is -0.118. The fraction of sp³-hybridized carbons (Fsp3) is 0.227. The van der Waals surface area contributed by atoms with Crippen molar-refractivity contribution in [2.45, 2.75) is 13.8 Å². The molecule has 0 atom stereocenters. The van der Waals surface area contributed by atoms with Crippen LogP contribution in [0.25, 0.3) is 11.3 Å². The molecule has 1 aromatic heterocycles. The van der Waals surface area contributed by atoms with Gasteiger partial charge in [0.1, 0.15) is 4.88 Å². The first kappa shape index (κ1) is 21.3. The average Bonchev–Trinajstić information content (AvgIpc) is 3.17. The maximum absolute atomic E-state index is 12.4. The van der Waals surface area contributed by atoms with Crippen LogP contribution in [0.1, 0.15) is 22.2 Å². The van der Waals surface area contributed by atoms with Crippen molar-refractivity contribution in [1.29, 1.82) is 0 Å². The largest absolute Gasteiger partial charge is 0.493 e. The van der Waals surface area contributed by atoms with Crippen molar-refractivity contribution in [2.24, 2.45) is 0 Å². The van der Waals surface area contributed by atoms with Crippen molar-refractivity contribution in [3.8, 4) is 22.8 Å². The van der Waals surface area contributed by atoms with E-state index in [9.17, 15) is 9.59 Å². The monoisotopic (exact) mass is 426 g/mol. The van der Waals surface area contributed by atoms with Crippen molar-refractivity contribution in [2.75, 3.05) is 25.6 Å². The minimum atomic E-state index is -0.477. The molecule has 1 amide bonds. The Morgan fingerprint density at radius 2 is 1.87 bits per heavy atom. The zero-order valence-corrected chi connectivity index (χ0v) is 17.7. The Kier molecular flexibility index (Phi) is 7.03. The summed E-state index contributed by atoms with van der Waals surface area (Å²) >= 11 is 1.06. The number of amides is 1. The van der Waals surface area contributed by atoms with E-state index in [0.29, 0.717) is 27.2 Å². The van der Waals surface area contributed by atoms with Crippen molar-refractivity contribution in [3.05, 3.63) is 59.0 Å². The van der Waals surface area contributed by atoms with E-state index in [1.807, 2.05) is 49.4 Å². The van der Waals surface area contributed by atoms with Crippen molar-refractivity contribution < 1.29 is 23.8 Å². The van der Waals surface area contributed by atoms with Gasteiger partial charge in [-0.05, 0) is 31.5 Å². The molecule has 3 rings (SSSR count). The van der Waals surface area contributed by atoms with E-state index < -0.39 is 11.9 Å². The number of hydrogen-bond donors (Lipinski definition) is 1. The van der Waals surface area contributed by atoms with Gasteiger partial charge in [0.25, 0.3) is 5.91 Å². The summed E-state index contributed by atoms with van der Waals surface area (Å²) in [5.74, 6) is 0.138. The highest BCUT2D eigenvalue weighted by molar-refractivity contribution is 7.18. The third kappa shape index (κ3) is 5.15. The highest BCUT2D eigenvalue weighted by Crippen LogP contribution is 2.32. The minimum absolute atomic E-state index is 0.228. The van der Waals surface area contributed by atoms with Crippen LogP contribution in [-0.2, 0) is 9.53 Å². The fourth-order valence-electron chi connectivity index (χ4n) is 2.69. The molecule has 156 valence electrons. The Bertz CT molecular complexity index is 1030. The van der Waals surface area contributed by atoms with Crippen LogP contribution in [0.5, 0.6) is 11.5 Å². The van der Waals surface area contributed by atoms with Crippen LogP contribution >= 0.6 is 11.3 Å². The van der Waals surface area contributed by atoms with Gasteiger partial charge in [-0.25, -0.2) is 9.78 Å². The zero-order valence-electron chi connectivity index (χ0n) is 16.9. The molecule has 0 aliphatic carbocycles. The molecule has 1 heterocycles. The van der Waals surface area contributed by atoms with Crippen molar-refractivity contribution in [1.82, 2.24) is 4.98 Å². The topological polar surface area (TPSA) is 86.8 Å². The molecule has 8 heteroatoms. The summed E-state index contributed by atoms with van der Waals surface area (Å²) < 4.78 is 16.0. The number of nitrogens with zero attached hydrogens (tertiary/aromatic N) is 1. The molecule has 0 aliphatic heterocycles. The minimum Gasteiger partial charge on any atom is -0.493 e. The second kappa shape index (κ2) is 9.89. The molecular weight excluding hydrogens is 404 g/mol. The second-order valence-corrected chi connectivity index (χ2v) is 7.27. The maximum atomic E-state index is 12.4. The Hall–Kier alpha value is -3.39. The summed E-state index contributed by atoms with van der Waals surface area (Å²) in [6.45, 7) is 3.70. The fourth-order valence-corrected chi connectivity index (χ4v) is 3.59. The summed E-state index contributed by atoms with van der Waals surface area (Å²) in [4.78, 5) is 29.5. The van der Waals surface area contributed by atoms with E-state index in [-0.39, 0.29) is 13.2 Å². The molecule has 0 saturated heterocycles. The molecule has 0 unspecified atom stereocenters. The Morgan fingerprint density at radius 3 is 2.57 bits per heavy atom. The van der Waals surface area contributed by atoms with Gasteiger partial charge in [0.15, 0.2) is 23.2 Å². The van der Waals surface area contributed by atoms with Crippen LogP contribution in [0.2, 0.25) is 0 Å². The lowest BCUT2D eigenvalue weighted by Gasteiger charge is -2.10. The molecule has 0 bridgehead atoms. The summed E-state index contributed by atoms with van der Waals surface area (Å²) in [6, 6.07) is 14.7. The first-order valence-electron chi connectivity index (χ1n) is 9.32. The second-order valence-electron chi connectivity index (χ2n) is 6.27. The van der Waals surface area contributed by atoms with Crippen LogP contribution in [0.4, 0.5) is 5.13 Å². The Labute approximate surface area is 178 Å². The van der Waals surface area contributed by atoms with Crippen LogP contribution in [0, 0.1) is 6.92 Å². The summed E-state index contributed by atoms with van der Waals surface area (Å²) in [7, 11) is 1.54. The van der Waals surface area contributed by atoms with E-state index in [4.69, 9.17) is 14.2 Å². The molecule has 0 radical (unpaired) electrons. The van der Waals surface area contributed by atoms with Gasteiger partial charge in [0.05, 0.1) is 19.4 Å². The van der Waals surface area contributed by atoms with Gasteiger partial charge in [-0.15, -0.1) is 0 Å². The molecule has 3 aromatic rings. The Balaban J connectivity index is 1.74. The van der Waals surface area contributed by atoms with Crippen molar-refractivity contribution >= 4 is 28.3 Å². The van der Waals surface area contributed by atoms with Gasteiger partial charge in [0.2, 0.25) is 0 Å². The first-order chi connectivity index (χ1) is 14.5. The highest BCUT2D eigenvalue weighted by Gasteiger charge is 2.21. The van der Waals surface area contributed by atoms with Gasteiger partial charge < -0.3 is 14.2 Å². The SMILES string of the molecule is CCOC(=O)c1sc(NC(=O)COc2ccc(C)cc2OC)nc1-c1ccccc1. The molecule has 0 saturated carbocycles. The number of methoxy groups -OCH3 is 1. The van der Waals surface area contributed by atoms with E-state index >= 15 is 0 Å². The van der Waals surface area contributed by atoms with Crippen LogP contribution < -0.4 is 14.8 Å². The molecule has 0 aliphatic rings. The van der Waals surface area contributed by atoms with Gasteiger partial charge in [-0.3, -0.25) is 10.1 Å². The van der Waals surface area contributed by atoms with Crippen LogP contribution in [0.15, 0.2) is 48.5 Å². The number of thiazole rings is 1. The quantitative estimate of drug-likeness (QED) is 0.540. The number of aryl methyl sites for hydroxylation is 1. The number of ether oxygens (including phenoxy) is 3. The number of anilines is 1. The number of benzene rings is 2. The number of hydrogen-bond acceptors (Lipinski definition) is 7. The maximum Gasteiger partial charge on any atom is 0.350 e. The smallest absolute Gasteiger partial charge is 0.350 e. The lowest BCUT2D eigenvalue weighted by atomic mass is 10.1. The first-order valence-corrected chi connectivity index (χ1v) is 10.1.